The van der Waals surface area contributed by atoms with Gasteiger partial charge in [0.1, 0.15) is 11.4 Å². The number of carbonyl (C=O) groups is 2. The minimum absolute atomic E-state index is 0.0288. The minimum Gasteiger partial charge on any atom is -0.410 e. The average Bonchev–Trinajstić information content (AvgIpc) is 3.27. The zero-order valence-electron chi connectivity index (χ0n) is 20.4. The molecule has 10 nitrogen and oxygen atoms in total. The molecule has 3 rings (SSSR count). The summed E-state index contributed by atoms with van der Waals surface area (Å²) >= 11 is 0. The van der Waals surface area contributed by atoms with Crippen LogP contribution in [0.1, 0.15) is 37.9 Å². The monoisotopic (exact) mass is 473 g/mol. The van der Waals surface area contributed by atoms with Gasteiger partial charge in [-0.3, -0.25) is 9.48 Å². The van der Waals surface area contributed by atoms with Crippen LogP contribution in [0.15, 0.2) is 30.5 Å². The SMILES string of the molecule is Cc1ccc(OC(=O)N(C)C[C@H]2OCc3cn(nn3)CCCC(=O)N([C@H](C)CO)C[C@@H]2C)cc1. The fraction of sp³-hybridized carbons (Fsp3) is 0.583. The average molecular weight is 474 g/mol. The third kappa shape index (κ3) is 7.01. The second-order valence-electron chi connectivity index (χ2n) is 9.04. The number of amides is 2. The van der Waals surface area contributed by atoms with Crippen LogP contribution in [0, 0.1) is 12.8 Å². The highest BCUT2D eigenvalue weighted by molar-refractivity contribution is 5.76. The van der Waals surface area contributed by atoms with Crippen LogP contribution in [0.4, 0.5) is 4.79 Å². The first-order chi connectivity index (χ1) is 16.3. The first-order valence-electron chi connectivity index (χ1n) is 11.7. The quantitative estimate of drug-likeness (QED) is 0.709. The Morgan fingerprint density at radius 1 is 1.35 bits per heavy atom. The Balaban J connectivity index is 1.75. The summed E-state index contributed by atoms with van der Waals surface area (Å²) in [5.74, 6) is 0.318. The molecule has 10 heteroatoms. The highest BCUT2D eigenvalue weighted by atomic mass is 16.6. The van der Waals surface area contributed by atoms with Gasteiger partial charge < -0.3 is 24.4 Å². The van der Waals surface area contributed by atoms with Crippen LogP contribution in [-0.2, 0) is 22.7 Å². The molecule has 0 radical (unpaired) electrons. The molecule has 1 aromatic carbocycles. The molecule has 1 aromatic heterocycles. The predicted molar refractivity (Wildman–Crippen MR) is 125 cm³/mol. The van der Waals surface area contributed by atoms with E-state index in [4.69, 9.17) is 9.47 Å². The first kappa shape index (κ1) is 25.6. The number of hydrogen-bond donors (Lipinski definition) is 1. The van der Waals surface area contributed by atoms with Crippen molar-refractivity contribution in [2.24, 2.45) is 5.92 Å². The van der Waals surface area contributed by atoms with Gasteiger partial charge in [-0.05, 0) is 32.4 Å². The van der Waals surface area contributed by atoms with Crippen LogP contribution in [0.3, 0.4) is 0 Å². The Labute approximate surface area is 200 Å². The van der Waals surface area contributed by atoms with E-state index in [1.165, 1.54) is 4.90 Å². The van der Waals surface area contributed by atoms with Crippen LogP contribution in [0.25, 0.3) is 0 Å². The molecule has 1 N–H and O–H groups in total. The number of nitrogens with zero attached hydrogens (tertiary/aromatic N) is 5. The van der Waals surface area contributed by atoms with Gasteiger partial charge in [0.15, 0.2) is 0 Å². The van der Waals surface area contributed by atoms with Crippen molar-refractivity contribution in [2.75, 3.05) is 26.7 Å². The van der Waals surface area contributed by atoms with Crippen molar-refractivity contribution < 1.29 is 24.2 Å². The molecule has 2 heterocycles. The molecule has 34 heavy (non-hydrogen) atoms. The fourth-order valence-corrected chi connectivity index (χ4v) is 3.82. The van der Waals surface area contributed by atoms with Crippen LogP contribution < -0.4 is 4.74 Å². The van der Waals surface area contributed by atoms with Crippen molar-refractivity contribution in [3.05, 3.63) is 41.7 Å². The number of benzene rings is 1. The zero-order chi connectivity index (χ0) is 24.7. The van der Waals surface area contributed by atoms with E-state index in [0.29, 0.717) is 37.4 Å². The summed E-state index contributed by atoms with van der Waals surface area (Å²) in [5, 5.41) is 18.0. The summed E-state index contributed by atoms with van der Waals surface area (Å²) in [4.78, 5) is 28.8. The Morgan fingerprint density at radius 2 is 2.09 bits per heavy atom. The maximum atomic E-state index is 12.9. The highest BCUT2D eigenvalue weighted by Crippen LogP contribution is 2.18. The van der Waals surface area contributed by atoms with Gasteiger partial charge in [-0.2, -0.15) is 0 Å². The van der Waals surface area contributed by atoms with Crippen molar-refractivity contribution in [3.63, 3.8) is 0 Å². The lowest BCUT2D eigenvalue weighted by molar-refractivity contribution is -0.136. The molecule has 0 aliphatic carbocycles. The van der Waals surface area contributed by atoms with E-state index in [1.807, 2.05) is 39.1 Å². The van der Waals surface area contributed by atoms with Crippen LogP contribution >= 0.6 is 0 Å². The van der Waals surface area contributed by atoms with Gasteiger partial charge in [-0.15, -0.1) is 5.10 Å². The number of rotatable bonds is 5. The molecular weight excluding hydrogens is 438 g/mol. The topological polar surface area (TPSA) is 110 Å². The van der Waals surface area contributed by atoms with Crippen LogP contribution in [0.5, 0.6) is 5.75 Å². The van der Waals surface area contributed by atoms with Gasteiger partial charge >= 0.3 is 6.09 Å². The summed E-state index contributed by atoms with van der Waals surface area (Å²) in [7, 11) is 1.66. The second kappa shape index (κ2) is 11.9. The Morgan fingerprint density at radius 3 is 2.79 bits per heavy atom. The number of likely N-dealkylation sites (N-methyl/N-ethyl adjacent to an activating group) is 1. The maximum Gasteiger partial charge on any atom is 0.415 e. The highest BCUT2D eigenvalue weighted by Gasteiger charge is 2.29. The number of aromatic nitrogens is 3. The fourth-order valence-electron chi connectivity index (χ4n) is 3.82. The molecule has 2 bridgehead atoms. The Kier molecular flexibility index (Phi) is 9.00. The Bertz CT molecular complexity index is 947. The van der Waals surface area contributed by atoms with Gasteiger partial charge in [0.25, 0.3) is 0 Å². The third-order valence-corrected chi connectivity index (χ3v) is 6.04. The summed E-state index contributed by atoms with van der Waals surface area (Å²) in [6.07, 6.45) is 1.89. The number of ether oxygens (including phenoxy) is 2. The number of hydrogen-bond acceptors (Lipinski definition) is 7. The van der Waals surface area contributed by atoms with E-state index in [1.54, 1.807) is 28.8 Å². The van der Waals surface area contributed by atoms with Gasteiger partial charge in [-0.1, -0.05) is 29.8 Å². The summed E-state index contributed by atoms with van der Waals surface area (Å²) in [6.45, 7) is 7.11. The largest absolute Gasteiger partial charge is 0.415 e. The van der Waals surface area contributed by atoms with Gasteiger partial charge in [0, 0.05) is 32.5 Å². The number of aryl methyl sites for hydroxylation is 2. The predicted octanol–water partition coefficient (Wildman–Crippen LogP) is 2.24. The molecule has 2 amide bonds. The smallest absolute Gasteiger partial charge is 0.410 e. The lowest BCUT2D eigenvalue weighted by Gasteiger charge is -2.35. The lowest BCUT2D eigenvalue weighted by atomic mass is 10.0. The van der Waals surface area contributed by atoms with E-state index in [0.717, 1.165) is 5.56 Å². The summed E-state index contributed by atoms with van der Waals surface area (Å²) in [6, 6.07) is 6.95. The van der Waals surface area contributed by atoms with Crippen molar-refractivity contribution in [1.82, 2.24) is 24.8 Å². The van der Waals surface area contributed by atoms with Crippen molar-refractivity contribution in [2.45, 2.75) is 58.9 Å². The van der Waals surface area contributed by atoms with Crippen LogP contribution in [0.2, 0.25) is 0 Å². The van der Waals surface area contributed by atoms with Gasteiger partial charge in [0.05, 0.1) is 38.1 Å². The van der Waals surface area contributed by atoms with E-state index in [2.05, 4.69) is 10.3 Å². The standard InChI is InChI=1S/C24H35N5O5/c1-17-7-9-21(10-8-17)34-24(32)27(4)14-22-18(2)12-29(19(3)15-30)23(31)6-5-11-28-13-20(16-33-22)25-26-28/h7-10,13,18-19,22,30H,5-6,11-12,14-16H2,1-4H3/t18-,19+,22+/m0/s1. The third-order valence-electron chi connectivity index (χ3n) is 6.04. The molecule has 0 unspecified atom stereocenters. The molecular formula is C24H35N5O5. The molecule has 1 aliphatic heterocycles. The second-order valence-corrected chi connectivity index (χ2v) is 9.04. The van der Waals surface area contributed by atoms with Crippen molar-refractivity contribution in [1.29, 1.82) is 0 Å². The molecule has 186 valence electrons. The Hall–Kier alpha value is -2.98. The number of aliphatic hydroxyl groups excluding tert-OH is 1. The minimum atomic E-state index is -0.495. The molecule has 0 saturated heterocycles. The van der Waals surface area contributed by atoms with Crippen molar-refractivity contribution >= 4 is 12.0 Å². The van der Waals surface area contributed by atoms with E-state index >= 15 is 0 Å². The number of fused-ring (bicyclic) bond motifs is 2. The molecule has 1 aliphatic rings. The molecule has 0 spiro atoms. The van der Waals surface area contributed by atoms with Gasteiger partial charge in [0.2, 0.25) is 5.91 Å². The zero-order valence-corrected chi connectivity index (χ0v) is 20.4. The van der Waals surface area contributed by atoms with Crippen molar-refractivity contribution in [3.8, 4) is 5.75 Å². The maximum absolute atomic E-state index is 12.9. The first-order valence-corrected chi connectivity index (χ1v) is 11.7. The van der Waals surface area contributed by atoms with Gasteiger partial charge in [-0.25, -0.2) is 4.79 Å². The molecule has 0 fully saturated rings. The summed E-state index contributed by atoms with van der Waals surface area (Å²) in [5.41, 5.74) is 1.76. The van der Waals surface area contributed by atoms with Crippen LogP contribution in [-0.4, -0.2) is 80.8 Å². The molecule has 0 saturated carbocycles. The van der Waals surface area contributed by atoms with E-state index in [-0.39, 0.29) is 37.6 Å². The normalized spacial score (nSPS) is 20.6. The van der Waals surface area contributed by atoms with E-state index in [9.17, 15) is 14.7 Å². The van der Waals surface area contributed by atoms with E-state index < -0.39 is 12.2 Å². The molecule has 3 atom stereocenters. The lowest BCUT2D eigenvalue weighted by Crippen LogP contribution is -2.48. The molecule has 2 aromatic rings. The number of carbonyl (C=O) groups excluding carboxylic acids is 2. The number of aliphatic hydroxyl groups is 1. The summed E-state index contributed by atoms with van der Waals surface area (Å²) < 4.78 is 13.4.